The lowest BCUT2D eigenvalue weighted by Crippen LogP contribution is -2.12. The lowest BCUT2D eigenvalue weighted by Gasteiger charge is -2.14. The van der Waals surface area contributed by atoms with E-state index in [-0.39, 0.29) is 24.9 Å². The number of ether oxygens (including phenoxy) is 1. The van der Waals surface area contributed by atoms with Crippen molar-refractivity contribution in [2.75, 3.05) is 13.2 Å². The molecule has 0 aliphatic heterocycles. The molecule has 0 saturated carbocycles. The Kier molecular flexibility index (Phi) is 6.05. The first-order valence-electron chi connectivity index (χ1n) is 5.59. The van der Waals surface area contributed by atoms with E-state index in [9.17, 15) is 4.79 Å². The van der Waals surface area contributed by atoms with E-state index < -0.39 is 0 Å². The van der Waals surface area contributed by atoms with Crippen LogP contribution < -0.4 is 0 Å². The molecule has 0 unspecified atom stereocenters. The molecule has 0 spiro atoms. The van der Waals surface area contributed by atoms with Crippen LogP contribution in [0.2, 0.25) is 5.02 Å². The lowest BCUT2D eigenvalue weighted by molar-refractivity contribution is -0.143. The monoisotopic (exact) mass is 267 g/mol. The molecule has 1 rings (SSSR count). The molecule has 0 aliphatic carbocycles. The highest BCUT2D eigenvalue weighted by atomic mass is 35.5. The summed E-state index contributed by atoms with van der Waals surface area (Å²) in [5.41, 5.74) is 9.27. The first kappa shape index (κ1) is 14.4. The molecule has 0 heterocycles. The summed E-state index contributed by atoms with van der Waals surface area (Å²) < 4.78 is 4.90. The second kappa shape index (κ2) is 7.58. The molecular weight excluding hydrogens is 254 g/mol. The summed E-state index contributed by atoms with van der Waals surface area (Å²) in [4.78, 5) is 14.2. The van der Waals surface area contributed by atoms with Gasteiger partial charge in [-0.2, -0.15) is 0 Å². The Balaban J connectivity index is 2.80. The fraction of sp³-hybridized carbons (Fsp3) is 0.417. The van der Waals surface area contributed by atoms with Crippen molar-refractivity contribution < 1.29 is 9.53 Å². The van der Waals surface area contributed by atoms with E-state index in [1.165, 1.54) is 0 Å². The summed E-state index contributed by atoms with van der Waals surface area (Å²) in [6.07, 6.45) is 0.189. The summed E-state index contributed by atoms with van der Waals surface area (Å²) in [5, 5.41) is 4.15. The quantitative estimate of drug-likeness (QED) is 0.341. The van der Waals surface area contributed by atoms with E-state index in [2.05, 4.69) is 10.0 Å². The molecule has 1 aromatic rings. The van der Waals surface area contributed by atoms with Crippen LogP contribution in [0.3, 0.4) is 0 Å². The van der Waals surface area contributed by atoms with Crippen molar-refractivity contribution in [3.05, 3.63) is 45.3 Å². The largest absolute Gasteiger partial charge is 0.466 e. The van der Waals surface area contributed by atoms with Gasteiger partial charge in [0, 0.05) is 16.5 Å². The smallest absolute Gasteiger partial charge is 0.306 e. The fourth-order valence-electron chi connectivity index (χ4n) is 1.58. The van der Waals surface area contributed by atoms with Gasteiger partial charge in [0.05, 0.1) is 13.0 Å². The number of carbonyl (C=O) groups is 1. The molecule has 0 amide bonds. The van der Waals surface area contributed by atoms with Gasteiger partial charge in [-0.3, -0.25) is 4.79 Å². The summed E-state index contributed by atoms with van der Waals surface area (Å²) in [7, 11) is 0. The van der Waals surface area contributed by atoms with Crippen LogP contribution in [0.15, 0.2) is 29.4 Å². The van der Waals surface area contributed by atoms with E-state index in [1.54, 1.807) is 19.1 Å². The minimum Gasteiger partial charge on any atom is -0.466 e. The van der Waals surface area contributed by atoms with Gasteiger partial charge in [-0.05, 0) is 36.1 Å². The zero-order valence-electron chi connectivity index (χ0n) is 10.0. The third-order valence-electron chi connectivity index (χ3n) is 2.43. The van der Waals surface area contributed by atoms with E-state index in [1.807, 2.05) is 12.1 Å². The molecule has 0 saturated heterocycles. The Bertz CT molecular complexity index is 441. The van der Waals surface area contributed by atoms with Crippen LogP contribution in [0.4, 0.5) is 0 Å². The Hall–Kier alpha value is -1.71. The molecule has 0 aromatic heterocycles. The van der Waals surface area contributed by atoms with Crippen LogP contribution in [-0.2, 0) is 9.53 Å². The van der Waals surface area contributed by atoms with Gasteiger partial charge in [0.15, 0.2) is 0 Å². The maximum Gasteiger partial charge on any atom is 0.306 e. The van der Waals surface area contributed by atoms with Crippen LogP contribution in [0.5, 0.6) is 0 Å². The topological polar surface area (TPSA) is 75.1 Å². The number of carbonyl (C=O) groups excluding carboxylic acids is 1. The Morgan fingerprint density at radius 1 is 1.50 bits per heavy atom. The number of benzene rings is 1. The fourth-order valence-corrected chi connectivity index (χ4v) is 1.70. The van der Waals surface area contributed by atoms with Gasteiger partial charge in [-0.25, -0.2) is 0 Å². The van der Waals surface area contributed by atoms with Crippen LogP contribution in [-0.4, -0.2) is 19.1 Å². The third kappa shape index (κ3) is 4.65. The molecule has 0 aliphatic rings. The number of rotatable bonds is 6. The average Bonchev–Trinajstić information content (AvgIpc) is 2.36. The highest BCUT2D eigenvalue weighted by Crippen LogP contribution is 2.22. The molecule has 5 nitrogen and oxygen atoms in total. The van der Waals surface area contributed by atoms with Crippen molar-refractivity contribution in [3.8, 4) is 0 Å². The second-order valence-corrected chi connectivity index (χ2v) is 4.11. The summed E-state index contributed by atoms with van der Waals surface area (Å²) in [6, 6.07) is 7.12. The van der Waals surface area contributed by atoms with Gasteiger partial charge in [0.1, 0.15) is 0 Å². The van der Waals surface area contributed by atoms with Crippen molar-refractivity contribution in [2.45, 2.75) is 19.3 Å². The van der Waals surface area contributed by atoms with Crippen LogP contribution >= 0.6 is 11.6 Å². The molecule has 1 atom stereocenters. The summed E-state index contributed by atoms with van der Waals surface area (Å²) in [6.45, 7) is 2.31. The molecule has 6 heteroatoms. The van der Waals surface area contributed by atoms with Crippen molar-refractivity contribution in [3.63, 3.8) is 0 Å². The Morgan fingerprint density at radius 3 is 2.72 bits per heavy atom. The molecule has 1 aromatic carbocycles. The van der Waals surface area contributed by atoms with Crippen LogP contribution in [0.25, 0.3) is 10.4 Å². The normalized spacial score (nSPS) is 11.4. The SMILES string of the molecule is CCOC(=O)C[C@@H](CN=[N+]=[N-])c1ccc(Cl)cc1. The number of hydrogen-bond acceptors (Lipinski definition) is 3. The summed E-state index contributed by atoms with van der Waals surface area (Å²) >= 11 is 5.80. The minimum atomic E-state index is -0.300. The zero-order chi connectivity index (χ0) is 13.4. The Labute approximate surface area is 110 Å². The Morgan fingerprint density at radius 2 is 2.17 bits per heavy atom. The maximum atomic E-state index is 11.5. The zero-order valence-corrected chi connectivity index (χ0v) is 10.8. The van der Waals surface area contributed by atoms with Crippen molar-refractivity contribution in [1.29, 1.82) is 0 Å². The summed E-state index contributed by atoms with van der Waals surface area (Å²) in [5.74, 6) is -0.484. The lowest BCUT2D eigenvalue weighted by atomic mass is 9.96. The van der Waals surface area contributed by atoms with Gasteiger partial charge in [-0.1, -0.05) is 28.8 Å². The molecule has 18 heavy (non-hydrogen) atoms. The minimum absolute atomic E-state index is 0.183. The highest BCUT2D eigenvalue weighted by molar-refractivity contribution is 6.30. The molecular formula is C12H14ClN3O2. The van der Waals surface area contributed by atoms with E-state index >= 15 is 0 Å². The van der Waals surface area contributed by atoms with Crippen LogP contribution in [0.1, 0.15) is 24.8 Å². The maximum absolute atomic E-state index is 11.5. The first-order valence-corrected chi connectivity index (χ1v) is 5.97. The second-order valence-electron chi connectivity index (χ2n) is 3.67. The van der Waals surface area contributed by atoms with Crippen LogP contribution in [0, 0.1) is 0 Å². The van der Waals surface area contributed by atoms with Gasteiger partial charge in [0.2, 0.25) is 0 Å². The highest BCUT2D eigenvalue weighted by Gasteiger charge is 2.16. The average molecular weight is 268 g/mol. The van der Waals surface area contributed by atoms with Gasteiger partial charge in [0.25, 0.3) is 0 Å². The molecule has 0 N–H and O–H groups in total. The number of esters is 1. The number of nitrogens with zero attached hydrogens (tertiary/aromatic N) is 3. The predicted molar refractivity (Wildman–Crippen MR) is 69.5 cm³/mol. The van der Waals surface area contributed by atoms with Gasteiger partial charge >= 0.3 is 5.97 Å². The van der Waals surface area contributed by atoms with E-state index in [0.717, 1.165) is 5.56 Å². The standard InChI is InChI=1S/C12H14ClN3O2/c1-2-18-12(17)7-10(8-15-16-14)9-3-5-11(13)6-4-9/h3-6,10H,2,7-8H2,1H3/t10-/m0/s1. The van der Waals surface area contributed by atoms with Gasteiger partial charge in [-0.15, -0.1) is 0 Å². The van der Waals surface area contributed by atoms with Crippen molar-refractivity contribution >= 4 is 17.6 Å². The molecule has 0 fully saturated rings. The molecule has 0 bridgehead atoms. The predicted octanol–water partition coefficient (Wildman–Crippen LogP) is 3.69. The first-order chi connectivity index (χ1) is 8.67. The van der Waals surface area contributed by atoms with Crippen molar-refractivity contribution in [2.24, 2.45) is 5.11 Å². The van der Waals surface area contributed by atoms with E-state index in [4.69, 9.17) is 21.9 Å². The number of halogens is 1. The van der Waals surface area contributed by atoms with Crippen molar-refractivity contribution in [1.82, 2.24) is 0 Å². The molecule has 0 radical (unpaired) electrons. The number of azide groups is 1. The molecule has 96 valence electrons. The van der Waals surface area contributed by atoms with E-state index in [0.29, 0.717) is 11.6 Å². The third-order valence-corrected chi connectivity index (χ3v) is 2.68. The van der Waals surface area contributed by atoms with Gasteiger partial charge < -0.3 is 4.74 Å². The number of hydrogen-bond donors (Lipinski definition) is 0.